The van der Waals surface area contributed by atoms with Crippen LogP contribution in [0.3, 0.4) is 0 Å². The molecular formula is C11H14N4O2. The molecule has 90 valence electrons. The Morgan fingerprint density at radius 1 is 1.76 bits per heavy atom. The van der Waals surface area contributed by atoms with Gasteiger partial charge in [0.15, 0.2) is 5.82 Å². The average Bonchev–Trinajstić information content (AvgIpc) is 2.28. The van der Waals surface area contributed by atoms with E-state index < -0.39 is 5.97 Å². The monoisotopic (exact) mass is 234 g/mol. The maximum absolute atomic E-state index is 10.7. The van der Waals surface area contributed by atoms with Crippen LogP contribution in [0.4, 0.5) is 11.5 Å². The molecule has 0 radical (unpaired) electrons. The van der Waals surface area contributed by atoms with Crippen molar-refractivity contribution in [3.05, 3.63) is 17.8 Å². The molecule has 6 heteroatoms. The molecule has 0 spiro atoms. The molecule has 0 aliphatic carbocycles. The van der Waals surface area contributed by atoms with Crippen molar-refractivity contribution in [2.24, 2.45) is 0 Å². The summed E-state index contributed by atoms with van der Waals surface area (Å²) in [6.07, 6.45) is 1.60. The van der Waals surface area contributed by atoms with Crippen LogP contribution in [0, 0.1) is 11.3 Å². The van der Waals surface area contributed by atoms with Gasteiger partial charge in [-0.3, -0.25) is 0 Å². The lowest BCUT2D eigenvalue weighted by atomic mass is 10.2. The van der Waals surface area contributed by atoms with E-state index in [4.69, 9.17) is 16.1 Å². The summed E-state index contributed by atoms with van der Waals surface area (Å²) in [5.41, 5.74) is 6.08. The molecule has 0 saturated carbocycles. The van der Waals surface area contributed by atoms with Gasteiger partial charge in [0.25, 0.3) is 0 Å². The number of nitriles is 1. The zero-order valence-corrected chi connectivity index (χ0v) is 9.71. The van der Waals surface area contributed by atoms with Crippen molar-refractivity contribution < 1.29 is 9.90 Å². The summed E-state index contributed by atoms with van der Waals surface area (Å²) in [5, 5.41) is 17.4. The summed E-state index contributed by atoms with van der Waals surface area (Å²) >= 11 is 0. The molecule has 1 atom stereocenters. The summed E-state index contributed by atoms with van der Waals surface area (Å²) in [7, 11) is 1.77. The maximum Gasteiger partial charge on any atom is 0.337 e. The molecule has 0 amide bonds. The van der Waals surface area contributed by atoms with Gasteiger partial charge >= 0.3 is 5.97 Å². The van der Waals surface area contributed by atoms with Gasteiger partial charge in [-0.2, -0.15) is 5.26 Å². The van der Waals surface area contributed by atoms with Gasteiger partial charge in [0.2, 0.25) is 0 Å². The quantitative estimate of drug-likeness (QED) is 0.808. The largest absolute Gasteiger partial charge is 0.478 e. The predicted octanol–water partition coefficient (Wildman–Crippen LogP) is 1.10. The fourth-order valence-electron chi connectivity index (χ4n) is 1.36. The van der Waals surface area contributed by atoms with Gasteiger partial charge in [-0.1, -0.05) is 0 Å². The summed E-state index contributed by atoms with van der Waals surface area (Å²) in [4.78, 5) is 16.5. The smallest absolute Gasteiger partial charge is 0.337 e. The van der Waals surface area contributed by atoms with Gasteiger partial charge in [0, 0.05) is 19.3 Å². The fourth-order valence-corrected chi connectivity index (χ4v) is 1.36. The molecule has 0 fully saturated rings. The lowest BCUT2D eigenvalue weighted by Gasteiger charge is -2.25. The van der Waals surface area contributed by atoms with E-state index in [1.54, 1.807) is 11.9 Å². The first-order valence-electron chi connectivity index (χ1n) is 5.06. The van der Waals surface area contributed by atoms with Gasteiger partial charge in [0.05, 0.1) is 23.7 Å². The first-order chi connectivity index (χ1) is 7.97. The number of nitrogen functional groups attached to an aromatic ring is 1. The molecule has 1 rings (SSSR count). The average molecular weight is 234 g/mol. The summed E-state index contributed by atoms with van der Waals surface area (Å²) in [5.74, 6) is -0.582. The number of hydrogen-bond donors (Lipinski definition) is 2. The van der Waals surface area contributed by atoms with Crippen LogP contribution < -0.4 is 10.6 Å². The zero-order chi connectivity index (χ0) is 13.0. The summed E-state index contributed by atoms with van der Waals surface area (Å²) in [6, 6.07) is 3.39. The third-order valence-corrected chi connectivity index (χ3v) is 2.52. The van der Waals surface area contributed by atoms with Gasteiger partial charge in [-0.15, -0.1) is 0 Å². The van der Waals surface area contributed by atoms with E-state index in [2.05, 4.69) is 11.1 Å². The topological polar surface area (TPSA) is 103 Å². The van der Waals surface area contributed by atoms with Crippen molar-refractivity contribution >= 4 is 17.5 Å². The number of aromatic carboxylic acids is 1. The predicted molar refractivity (Wildman–Crippen MR) is 63.7 cm³/mol. The molecule has 1 aromatic heterocycles. The zero-order valence-electron chi connectivity index (χ0n) is 9.71. The van der Waals surface area contributed by atoms with Gasteiger partial charge in [-0.25, -0.2) is 9.78 Å². The third kappa shape index (κ3) is 2.84. The highest BCUT2D eigenvalue weighted by molar-refractivity contribution is 5.89. The Morgan fingerprint density at radius 3 is 2.88 bits per heavy atom. The molecule has 0 bridgehead atoms. The Balaban J connectivity index is 3.00. The van der Waals surface area contributed by atoms with Crippen LogP contribution >= 0.6 is 0 Å². The first-order valence-corrected chi connectivity index (χ1v) is 5.06. The molecule has 1 aromatic rings. The lowest BCUT2D eigenvalue weighted by Crippen LogP contribution is -2.30. The normalized spacial score (nSPS) is 11.6. The molecule has 0 saturated heterocycles. The highest BCUT2D eigenvalue weighted by atomic mass is 16.4. The number of carboxylic acid groups (broad SMARTS) is 1. The minimum absolute atomic E-state index is 0.0366. The van der Waals surface area contributed by atoms with E-state index in [1.807, 2.05) is 6.92 Å². The minimum Gasteiger partial charge on any atom is -0.478 e. The Kier molecular flexibility index (Phi) is 3.88. The Labute approximate surface area is 99.3 Å². The molecular weight excluding hydrogens is 220 g/mol. The number of rotatable bonds is 4. The maximum atomic E-state index is 10.7. The molecule has 0 aliphatic rings. The Hall–Kier alpha value is -2.29. The number of carbonyl (C=O) groups is 1. The first kappa shape index (κ1) is 12.8. The van der Waals surface area contributed by atoms with E-state index in [0.29, 0.717) is 12.2 Å². The van der Waals surface area contributed by atoms with Crippen molar-refractivity contribution in [3.8, 4) is 6.07 Å². The molecule has 17 heavy (non-hydrogen) atoms. The number of anilines is 2. The Bertz CT molecular complexity index is 467. The van der Waals surface area contributed by atoms with Crippen LogP contribution in [-0.4, -0.2) is 29.1 Å². The van der Waals surface area contributed by atoms with Crippen molar-refractivity contribution in [2.75, 3.05) is 17.7 Å². The number of aromatic nitrogens is 1. The van der Waals surface area contributed by atoms with Crippen molar-refractivity contribution in [1.82, 2.24) is 4.98 Å². The van der Waals surface area contributed by atoms with Crippen LogP contribution in [0.1, 0.15) is 23.7 Å². The van der Waals surface area contributed by atoms with E-state index in [9.17, 15) is 4.79 Å². The van der Waals surface area contributed by atoms with Gasteiger partial charge in [0.1, 0.15) is 0 Å². The SMILES string of the molecule is CC(CC#N)N(C)c1ncc(C(=O)O)cc1N. The number of nitrogens with zero attached hydrogens (tertiary/aromatic N) is 3. The molecule has 1 unspecified atom stereocenters. The number of pyridine rings is 1. The van der Waals surface area contributed by atoms with E-state index in [1.165, 1.54) is 12.3 Å². The van der Waals surface area contributed by atoms with Crippen LogP contribution in [0.15, 0.2) is 12.3 Å². The van der Waals surface area contributed by atoms with Crippen molar-refractivity contribution in [3.63, 3.8) is 0 Å². The lowest BCUT2D eigenvalue weighted by molar-refractivity contribution is 0.0696. The number of nitrogens with two attached hydrogens (primary N) is 1. The minimum atomic E-state index is -1.07. The van der Waals surface area contributed by atoms with Crippen LogP contribution in [0.5, 0.6) is 0 Å². The number of carboxylic acids is 1. The molecule has 1 heterocycles. The van der Waals surface area contributed by atoms with E-state index >= 15 is 0 Å². The van der Waals surface area contributed by atoms with Gasteiger partial charge < -0.3 is 15.7 Å². The second-order valence-corrected chi connectivity index (χ2v) is 3.76. The van der Waals surface area contributed by atoms with Crippen LogP contribution in [0.2, 0.25) is 0 Å². The Morgan fingerprint density at radius 2 is 2.41 bits per heavy atom. The fraction of sp³-hybridized carbons (Fsp3) is 0.364. The summed E-state index contributed by atoms with van der Waals surface area (Å²) in [6.45, 7) is 1.87. The highest BCUT2D eigenvalue weighted by Gasteiger charge is 2.15. The van der Waals surface area contributed by atoms with E-state index in [-0.39, 0.29) is 17.3 Å². The molecule has 0 aliphatic heterocycles. The molecule has 6 nitrogen and oxygen atoms in total. The third-order valence-electron chi connectivity index (χ3n) is 2.52. The summed E-state index contributed by atoms with van der Waals surface area (Å²) < 4.78 is 0. The van der Waals surface area contributed by atoms with Crippen molar-refractivity contribution in [1.29, 1.82) is 5.26 Å². The second-order valence-electron chi connectivity index (χ2n) is 3.76. The number of hydrogen-bond acceptors (Lipinski definition) is 5. The van der Waals surface area contributed by atoms with Crippen LogP contribution in [-0.2, 0) is 0 Å². The second kappa shape index (κ2) is 5.16. The van der Waals surface area contributed by atoms with Crippen molar-refractivity contribution in [2.45, 2.75) is 19.4 Å². The van der Waals surface area contributed by atoms with Crippen LogP contribution in [0.25, 0.3) is 0 Å². The highest BCUT2D eigenvalue weighted by Crippen LogP contribution is 2.22. The standard InChI is InChI=1S/C11H14N4O2/c1-7(3-4-12)15(2)10-9(13)5-8(6-14-10)11(16)17/h5-7H,3,13H2,1-2H3,(H,16,17). The molecule has 3 N–H and O–H groups in total. The van der Waals surface area contributed by atoms with Gasteiger partial charge in [-0.05, 0) is 13.0 Å². The van der Waals surface area contributed by atoms with E-state index in [0.717, 1.165) is 0 Å². The molecule has 0 aromatic carbocycles.